The number of hydrogen-bond acceptors (Lipinski definition) is 1. The predicted molar refractivity (Wildman–Crippen MR) is 70.2 cm³/mol. The van der Waals surface area contributed by atoms with Crippen LogP contribution in [0.4, 0.5) is 0 Å². The highest BCUT2D eigenvalue weighted by Gasteiger charge is 2.33. The van der Waals surface area contributed by atoms with Gasteiger partial charge in [0.2, 0.25) is 0 Å². The fraction of sp³-hybridized carbons (Fsp3) is 0.733. The SMILES string of the molecule is CC1=CC[C@H](/C=C/C(C)(C)[C@H](C)O)C1(C)C. The van der Waals surface area contributed by atoms with E-state index in [1.165, 1.54) is 5.57 Å². The van der Waals surface area contributed by atoms with E-state index in [9.17, 15) is 5.11 Å². The third kappa shape index (κ3) is 2.57. The minimum absolute atomic E-state index is 0.132. The van der Waals surface area contributed by atoms with E-state index in [-0.39, 0.29) is 16.9 Å². The maximum Gasteiger partial charge on any atom is 0.0597 e. The summed E-state index contributed by atoms with van der Waals surface area (Å²) in [6.07, 6.45) is 7.63. The van der Waals surface area contributed by atoms with Gasteiger partial charge in [0.1, 0.15) is 0 Å². The van der Waals surface area contributed by atoms with Crippen LogP contribution in [-0.4, -0.2) is 11.2 Å². The van der Waals surface area contributed by atoms with Crippen molar-refractivity contribution < 1.29 is 5.11 Å². The van der Waals surface area contributed by atoms with Crippen LogP contribution >= 0.6 is 0 Å². The topological polar surface area (TPSA) is 20.2 Å². The maximum absolute atomic E-state index is 9.67. The van der Waals surface area contributed by atoms with E-state index in [0.29, 0.717) is 5.92 Å². The molecule has 0 aromatic rings. The minimum Gasteiger partial charge on any atom is -0.393 e. The number of allylic oxidation sites excluding steroid dienone is 3. The van der Waals surface area contributed by atoms with Crippen LogP contribution in [0.15, 0.2) is 23.8 Å². The predicted octanol–water partition coefficient (Wildman–Crippen LogP) is 3.94. The molecule has 16 heavy (non-hydrogen) atoms. The molecule has 0 bridgehead atoms. The summed E-state index contributed by atoms with van der Waals surface area (Å²) in [5.74, 6) is 0.575. The average Bonchev–Trinajstić information content (AvgIpc) is 2.39. The van der Waals surface area contributed by atoms with Crippen LogP contribution in [0.25, 0.3) is 0 Å². The molecule has 0 heterocycles. The minimum atomic E-state index is -0.303. The summed E-state index contributed by atoms with van der Waals surface area (Å²) in [7, 11) is 0. The van der Waals surface area contributed by atoms with Crippen LogP contribution in [0.3, 0.4) is 0 Å². The van der Waals surface area contributed by atoms with Crippen LogP contribution in [0, 0.1) is 16.7 Å². The first kappa shape index (κ1) is 13.5. The molecule has 0 radical (unpaired) electrons. The molecule has 0 aliphatic heterocycles. The van der Waals surface area contributed by atoms with Crippen molar-refractivity contribution in [1.29, 1.82) is 0 Å². The molecule has 0 unspecified atom stereocenters. The summed E-state index contributed by atoms with van der Waals surface area (Å²) in [4.78, 5) is 0. The fourth-order valence-corrected chi connectivity index (χ4v) is 1.98. The van der Waals surface area contributed by atoms with Gasteiger partial charge in [-0.3, -0.25) is 0 Å². The van der Waals surface area contributed by atoms with Crippen molar-refractivity contribution in [3.63, 3.8) is 0 Å². The van der Waals surface area contributed by atoms with Crippen molar-refractivity contribution in [2.45, 2.75) is 54.1 Å². The van der Waals surface area contributed by atoms with Crippen LogP contribution in [-0.2, 0) is 0 Å². The summed E-state index contributed by atoms with van der Waals surface area (Å²) >= 11 is 0. The first-order valence-electron chi connectivity index (χ1n) is 6.22. The number of aliphatic hydroxyl groups excluding tert-OH is 1. The van der Waals surface area contributed by atoms with E-state index in [0.717, 1.165) is 6.42 Å². The Kier molecular flexibility index (Phi) is 3.69. The molecule has 92 valence electrons. The summed E-state index contributed by atoms with van der Waals surface area (Å²) in [5, 5.41) is 9.67. The van der Waals surface area contributed by atoms with Gasteiger partial charge in [-0.05, 0) is 31.6 Å². The van der Waals surface area contributed by atoms with Crippen LogP contribution in [0.5, 0.6) is 0 Å². The number of rotatable bonds is 3. The summed E-state index contributed by atoms with van der Waals surface area (Å²) < 4.78 is 0. The molecule has 2 atom stereocenters. The monoisotopic (exact) mass is 222 g/mol. The van der Waals surface area contributed by atoms with Gasteiger partial charge in [-0.15, -0.1) is 0 Å². The van der Waals surface area contributed by atoms with Crippen LogP contribution in [0.2, 0.25) is 0 Å². The van der Waals surface area contributed by atoms with E-state index < -0.39 is 0 Å². The highest BCUT2D eigenvalue weighted by Crippen LogP contribution is 2.44. The second-order valence-electron chi connectivity index (χ2n) is 6.31. The normalized spacial score (nSPS) is 27.2. The first-order valence-corrected chi connectivity index (χ1v) is 6.22. The Labute approximate surface area is 100 Å². The van der Waals surface area contributed by atoms with E-state index in [1.54, 1.807) is 0 Å². The largest absolute Gasteiger partial charge is 0.393 e. The second-order valence-corrected chi connectivity index (χ2v) is 6.31. The van der Waals surface area contributed by atoms with Crippen molar-refractivity contribution in [2.75, 3.05) is 0 Å². The molecule has 0 saturated carbocycles. The molecule has 0 spiro atoms. The lowest BCUT2D eigenvalue weighted by Gasteiger charge is -2.29. The number of hydrogen-bond donors (Lipinski definition) is 1. The number of aliphatic hydroxyl groups is 1. The quantitative estimate of drug-likeness (QED) is 0.717. The Morgan fingerprint density at radius 1 is 1.50 bits per heavy atom. The molecule has 0 fully saturated rings. The Morgan fingerprint density at radius 3 is 2.44 bits per heavy atom. The zero-order valence-electron chi connectivity index (χ0n) is 11.5. The van der Waals surface area contributed by atoms with Crippen LogP contribution < -0.4 is 0 Å². The molecular formula is C15H26O. The Balaban J connectivity index is 2.74. The molecule has 1 N–H and O–H groups in total. The van der Waals surface area contributed by atoms with Gasteiger partial charge in [0, 0.05) is 5.41 Å². The zero-order valence-corrected chi connectivity index (χ0v) is 11.5. The first-order chi connectivity index (χ1) is 7.18. The van der Waals surface area contributed by atoms with E-state index in [4.69, 9.17) is 0 Å². The molecule has 1 aliphatic carbocycles. The fourth-order valence-electron chi connectivity index (χ4n) is 1.98. The van der Waals surface area contributed by atoms with Crippen molar-refractivity contribution in [1.82, 2.24) is 0 Å². The van der Waals surface area contributed by atoms with Gasteiger partial charge < -0.3 is 5.11 Å². The van der Waals surface area contributed by atoms with Gasteiger partial charge in [-0.2, -0.15) is 0 Å². The Bertz CT molecular complexity index is 305. The molecule has 1 nitrogen and oxygen atoms in total. The van der Waals surface area contributed by atoms with E-state index in [1.807, 2.05) is 6.92 Å². The van der Waals surface area contributed by atoms with Gasteiger partial charge in [0.15, 0.2) is 0 Å². The van der Waals surface area contributed by atoms with Gasteiger partial charge in [0.25, 0.3) is 0 Å². The summed E-state index contributed by atoms with van der Waals surface area (Å²) in [6, 6.07) is 0. The smallest absolute Gasteiger partial charge is 0.0597 e. The zero-order chi connectivity index (χ0) is 12.6. The third-order valence-corrected chi connectivity index (χ3v) is 4.46. The molecule has 1 rings (SSSR count). The van der Waals surface area contributed by atoms with Gasteiger partial charge in [-0.25, -0.2) is 0 Å². The lowest BCUT2D eigenvalue weighted by molar-refractivity contribution is 0.0989. The average molecular weight is 222 g/mol. The van der Waals surface area contributed by atoms with Crippen molar-refractivity contribution >= 4 is 0 Å². The molecule has 1 heteroatoms. The van der Waals surface area contributed by atoms with Crippen molar-refractivity contribution in [2.24, 2.45) is 16.7 Å². The van der Waals surface area contributed by atoms with Crippen molar-refractivity contribution in [3.05, 3.63) is 23.8 Å². The van der Waals surface area contributed by atoms with E-state index >= 15 is 0 Å². The Hall–Kier alpha value is -0.560. The van der Waals surface area contributed by atoms with Crippen LogP contribution in [0.1, 0.15) is 48.0 Å². The molecular weight excluding hydrogens is 196 g/mol. The summed E-state index contributed by atoms with van der Waals surface area (Å²) in [5.41, 5.74) is 1.62. The molecule has 0 saturated heterocycles. The van der Waals surface area contributed by atoms with Crippen molar-refractivity contribution in [3.8, 4) is 0 Å². The lowest BCUT2D eigenvalue weighted by Crippen LogP contribution is -2.25. The Morgan fingerprint density at radius 2 is 2.06 bits per heavy atom. The van der Waals surface area contributed by atoms with E-state index in [2.05, 4.69) is 52.8 Å². The molecule has 1 aliphatic rings. The van der Waals surface area contributed by atoms with Gasteiger partial charge >= 0.3 is 0 Å². The maximum atomic E-state index is 9.67. The molecule has 0 aromatic heterocycles. The third-order valence-electron chi connectivity index (χ3n) is 4.46. The van der Waals surface area contributed by atoms with Gasteiger partial charge in [0.05, 0.1) is 6.10 Å². The second kappa shape index (κ2) is 4.37. The lowest BCUT2D eigenvalue weighted by atomic mass is 9.76. The standard InChI is InChI=1S/C15H26O/c1-11-7-8-13(15(11,5)6)9-10-14(3,4)12(2)16/h7,9-10,12-13,16H,8H2,1-6H3/b10-9+/t12-,13+/m0/s1. The van der Waals surface area contributed by atoms with Gasteiger partial charge in [-0.1, -0.05) is 51.5 Å². The summed E-state index contributed by atoms with van der Waals surface area (Å²) in [6.45, 7) is 12.8. The molecule has 0 aromatic carbocycles. The highest BCUT2D eigenvalue weighted by molar-refractivity contribution is 5.22. The highest BCUT2D eigenvalue weighted by atomic mass is 16.3. The molecule has 0 amide bonds.